The first-order valence-electron chi connectivity index (χ1n) is 7.16. The van der Waals surface area contributed by atoms with E-state index in [4.69, 9.17) is 5.11 Å². The lowest BCUT2D eigenvalue weighted by Crippen LogP contribution is -2.47. The average molecular weight is 255 g/mol. The predicted octanol–water partition coefficient (Wildman–Crippen LogP) is 3.15. The second-order valence-corrected chi connectivity index (χ2v) is 7.30. The van der Waals surface area contributed by atoms with Crippen molar-refractivity contribution >= 4 is 5.97 Å². The second kappa shape index (κ2) is 6.05. The summed E-state index contributed by atoms with van der Waals surface area (Å²) < 4.78 is 0. The third-order valence-electron chi connectivity index (χ3n) is 4.12. The fourth-order valence-corrected chi connectivity index (χ4v) is 2.64. The topological polar surface area (TPSA) is 49.3 Å². The Morgan fingerprint density at radius 3 is 2.28 bits per heavy atom. The summed E-state index contributed by atoms with van der Waals surface area (Å²) in [5, 5.41) is 12.6. The van der Waals surface area contributed by atoms with Gasteiger partial charge in [-0.05, 0) is 36.5 Å². The van der Waals surface area contributed by atoms with Gasteiger partial charge in [-0.15, -0.1) is 0 Å². The van der Waals surface area contributed by atoms with Gasteiger partial charge in [0.25, 0.3) is 0 Å². The van der Waals surface area contributed by atoms with Crippen LogP contribution in [0.25, 0.3) is 0 Å². The summed E-state index contributed by atoms with van der Waals surface area (Å²) in [5.41, 5.74) is 0.391. The fourth-order valence-electron chi connectivity index (χ4n) is 2.64. The minimum atomic E-state index is -0.664. The molecule has 0 spiro atoms. The lowest BCUT2D eigenvalue weighted by Gasteiger charge is -2.44. The van der Waals surface area contributed by atoms with Crippen molar-refractivity contribution in [2.75, 3.05) is 6.54 Å². The van der Waals surface area contributed by atoms with E-state index in [1.807, 2.05) is 0 Å². The van der Waals surface area contributed by atoms with Crippen LogP contribution < -0.4 is 5.32 Å². The van der Waals surface area contributed by atoms with Gasteiger partial charge in [0, 0.05) is 12.6 Å². The molecular weight excluding hydrogens is 226 g/mol. The monoisotopic (exact) mass is 255 g/mol. The standard InChI is InChI=1S/C15H29NO2/c1-10(2)6-11(14(17)18)9-16-13-7-12(8-13)15(3,4)5/h10-13,16H,6-9H2,1-5H3,(H,17,18). The highest BCUT2D eigenvalue weighted by Crippen LogP contribution is 2.41. The zero-order valence-electron chi connectivity index (χ0n) is 12.5. The average Bonchev–Trinajstić information content (AvgIpc) is 2.10. The van der Waals surface area contributed by atoms with Crippen LogP contribution in [0.4, 0.5) is 0 Å². The van der Waals surface area contributed by atoms with Gasteiger partial charge in [0.05, 0.1) is 5.92 Å². The van der Waals surface area contributed by atoms with Crippen LogP contribution in [-0.4, -0.2) is 23.7 Å². The van der Waals surface area contributed by atoms with Crippen molar-refractivity contribution in [3.63, 3.8) is 0 Å². The van der Waals surface area contributed by atoms with Crippen molar-refractivity contribution in [3.8, 4) is 0 Å². The fraction of sp³-hybridized carbons (Fsp3) is 0.933. The highest BCUT2D eigenvalue weighted by atomic mass is 16.4. The molecule has 3 nitrogen and oxygen atoms in total. The molecule has 1 aliphatic carbocycles. The van der Waals surface area contributed by atoms with Crippen LogP contribution in [-0.2, 0) is 4.79 Å². The second-order valence-electron chi connectivity index (χ2n) is 7.30. The molecule has 0 bridgehead atoms. The predicted molar refractivity (Wildman–Crippen MR) is 74.6 cm³/mol. The quantitative estimate of drug-likeness (QED) is 0.766. The molecular formula is C15H29NO2. The maximum Gasteiger partial charge on any atom is 0.307 e. The molecule has 1 rings (SSSR count). The minimum absolute atomic E-state index is 0.237. The number of hydrogen-bond acceptors (Lipinski definition) is 2. The summed E-state index contributed by atoms with van der Waals surface area (Å²) >= 11 is 0. The summed E-state index contributed by atoms with van der Waals surface area (Å²) in [6.45, 7) is 11.6. The molecule has 1 saturated carbocycles. The largest absolute Gasteiger partial charge is 0.481 e. The molecule has 1 atom stereocenters. The van der Waals surface area contributed by atoms with E-state index in [-0.39, 0.29) is 5.92 Å². The molecule has 0 aliphatic heterocycles. The van der Waals surface area contributed by atoms with E-state index in [1.54, 1.807) is 0 Å². The first-order chi connectivity index (χ1) is 8.20. The first-order valence-corrected chi connectivity index (χ1v) is 7.16. The first kappa shape index (κ1) is 15.5. The third kappa shape index (κ3) is 4.60. The van der Waals surface area contributed by atoms with Crippen LogP contribution in [0.5, 0.6) is 0 Å². The summed E-state index contributed by atoms with van der Waals surface area (Å²) in [6, 6.07) is 0.531. The zero-order valence-corrected chi connectivity index (χ0v) is 12.5. The molecule has 0 radical (unpaired) electrons. The highest BCUT2D eigenvalue weighted by molar-refractivity contribution is 5.70. The summed E-state index contributed by atoms with van der Waals surface area (Å²) in [4.78, 5) is 11.1. The third-order valence-corrected chi connectivity index (χ3v) is 4.12. The lowest BCUT2D eigenvalue weighted by molar-refractivity contribution is -0.142. The Hall–Kier alpha value is -0.570. The van der Waals surface area contributed by atoms with Crippen LogP contribution in [0.2, 0.25) is 0 Å². The van der Waals surface area contributed by atoms with Crippen molar-refractivity contribution < 1.29 is 9.90 Å². The van der Waals surface area contributed by atoms with Crippen molar-refractivity contribution in [2.24, 2.45) is 23.2 Å². The molecule has 0 amide bonds. The maximum atomic E-state index is 11.1. The smallest absolute Gasteiger partial charge is 0.307 e. The van der Waals surface area contributed by atoms with Gasteiger partial charge in [-0.1, -0.05) is 34.6 Å². The molecule has 2 N–H and O–H groups in total. The molecule has 0 heterocycles. The molecule has 18 heavy (non-hydrogen) atoms. The van der Waals surface area contributed by atoms with Gasteiger partial charge >= 0.3 is 5.97 Å². The van der Waals surface area contributed by atoms with E-state index in [2.05, 4.69) is 39.9 Å². The Bertz CT molecular complexity index is 275. The summed E-state index contributed by atoms with van der Waals surface area (Å²) in [6.07, 6.45) is 3.15. The summed E-state index contributed by atoms with van der Waals surface area (Å²) in [7, 11) is 0. The van der Waals surface area contributed by atoms with E-state index in [9.17, 15) is 4.79 Å². The molecule has 0 aromatic rings. The van der Waals surface area contributed by atoms with E-state index < -0.39 is 5.97 Å². The van der Waals surface area contributed by atoms with Crippen molar-refractivity contribution in [2.45, 2.75) is 59.9 Å². The van der Waals surface area contributed by atoms with Gasteiger partial charge in [-0.3, -0.25) is 4.79 Å². The number of carboxylic acids is 1. The van der Waals surface area contributed by atoms with Crippen molar-refractivity contribution in [1.82, 2.24) is 5.32 Å². The van der Waals surface area contributed by atoms with Gasteiger partial charge in [-0.2, -0.15) is 0 Å². The molecule has 1 unspecified atom stereocenters. The molecule has 1 aliphatic rings. The van der Waals surface area contributed by atoms with Gasteiger partial charge in [0.1, 0.15) is 0 Å². The number of aliphatic carboxylic acids is 1. The molecule has 0 aromatic carbocycles. The van der Waals surface area contributed by atoms with Crippen LogP contribution >= 0.6 is 0 Å². The number of carbonyl (C=O) groups is 1. The highest BCUT2D eigenvalue weighted by Gasteiger charge is 2.37. The Morgan fingerprint density at radius 1 is 1.33 bits per heavy atom. The Balaban J connectivity index is 2.27. The van der Waals surface area contributed by atoms with Crippen LogP contribution in [0.15, 0.2) is 0 Å². The molecule has 3 heteroatoms. The van der Waals surface area contributed by atoms with Crippen molar-refractivity contribution in [1.29, 1.82) is 0 Å². The van der Waals surface area contributed by atoms with Crippen LogP contribution in [0.3, 0.4) is 0 Å². The van der Waals surface area contributed by atoms with Gasteiger partial charge < -0.3 is 10.4 Å². The molecule has 106 valence electrons. The molecule has 1 fully saturated rings. The van der Waals surface area contributed by atoms with Gasteiger partial charge in [0.2, 0.25) is 0 Å². The van der Waals surface area contributed by atoms with Crippen LogP contribution in [0, 0.1) is 23.2 Å². The normalized spacial score (nSPS) is 25.9. The van der Waals surface area contributed by atoms with Crippen LogP contribution in [0.1, 0.15) is 53.9 Å². The summed E-state index contributed by atoms with van der Waals surface area (Å²) in [5.74, 6) is 0.321. The Kier molecular flexibility index (Phi) is 5.20. The number of rotatable bonds is 6. The van der Waals surface area contributed by atoms with Crippen molar-refractivity contribution in [3.05, 3.63) is 0 Å². The SMILES string of the molecule is CC(C)CC(CNC1CC(C(C)(C)C)C1)C(=O)O. The lowest BCUT2D eigenvalue weighted by atomic mass is 9.66. The molecule has 0 aromatic heterocycles. The number of carboxylic acid groups (broad SMARTS) is 1. The Morgan fingerprint density at radius 2 is 1.89 bits per heavy atom. The van der Waals surface area contributed by atoms with E-state index >= 15 is 0 Å². The van der Waals surface area contributed by atoms with Gasteiger partial charge in [0.15, 0.2) is 0 Å². The van der Waals surface area contributed by atoms with E-state index in [0.29, 0.717) is 23.9 Å². The van der Waals surface area contributed by atoms with Gasteiger partial charge in [-0.25, -0.2) is 0 Å². The molecule has 0 saturated heterocycles. The van der Waals surface area contributed by atoms with E-state index in [0.717, 1.165) is 12.3 Å². The Labute approximate surface area is 111 Å². The maximum absolute atomic E-state index is 11.1. The number of hydrogen-bond donors (Lipinski definition) is 2. The van der Waals surface area contributed by atoms with E-state index in [1.165, 1.54) is 12.8 Å². The number of nitrogens with one attached hydrogen (secondary N) is 1. The minimum Gasteiger partial charge on any atom is -0.481 e. The zero-order chi connectivity index (χ0) is 13.9.